The molecule has 0 aromatic carbocycles. The van der Waals surface area contributed by atoms with Crippen molar-refractivity contribution in [2.75, 3.05) is 20.6 Å². The molecule has 0 bridgehead atoms. The van der Waals surface area contributed by atoms with Crippen molar-refractivity contribution in [1.29, 1.82) is 0 Å². The summed E-state index contributed by atoms with van der Waals surface area (Å²) in [7, 11) is 4.01. The minimum absolute atomic E-state index is 0.143. The number of Topliss-reactive ketones (excluding diaryl/α,β-unsaturated/α-hetero) is 1. The molecule has 0 radical (unpaired) electrons. The van der Waals surface area contributed by atoms with E-state index in [0.717, 1.165) is 36.5 Å². The zero-order valence-electron chi connectivity index (χ0n) is 9.54. The van der Waals surface area contributed by atoms with Gasteiger partial charge in [-0.05, 0) is 33.5 Å². The van der Waals surface area contributed by atoms with Gasteiger partial charge in [0, 0.05) is 18.9 Å². The lowest BCUT2D eigenvalue weighted by atomic mass is 9.86. The zero-order valence-corrected chi connectivity index (χ0v) is 9.54. The maximum absolute atomic E-state index is 12.1. The molecule has 1 aliphatic rings. The fraction of sp³-hybridized carbons (Fsp3) is 0.583. The fourth-order valence-corrected chi connectivity index (χ4v) is 2.23. The first-order valence-electron chi connectivity index (χ1n) is 5.36. The average Bonchev–Trinajstić information content (AvgIpc) is 2.51. The molecule has 1 aromatic heterocycles. The lowest BCUT2D eigenvalue weighted by Crippen LogP contribution is -2.31. The largest absolute Gasteiger partial charge is 0.466 e. The Kier molecular flexibility index (Phi) is 2.65. The van der Waals surface area contributed by atoms with Crippen LogP contribution in [0.2, 0.25) is 0 Å². The van der Waals surface area contributed by atoms with Gasteiger partial charge in [-0.25, -0.2) is 0 Å². The summed E-state index contributed by atoms with van der Waals surface area (Å²) in [5.41, 5.74) is 0.811. The molecule has 1 heterocycles. The Morgan fingerprint density at radius 1 is 1.53 bits per heavy atom. The minimum Gasteiger partial charge on any atom is -0.466 e. The van der Waals surface area contributed by atoms with Crippen molar-refractivity contribution in [3.63, 3.8) is 0 Å². The average molecular weight is 207 g/mol. The van der Waals surface area contributed by atoms with Crippen LogP contribution in [0.4, 0.5) is 0 Å². The molecular formula is C12H17NO2. The minimum atomic E-state index is 0.143. The zero-order chi connectivity index (χ0) is 11.0. The van der Waals surface area contributed by atoms with Crippen LogP contribution in [0.15, 0.2) is 10.5 Å². The summed E-state index contributed by atoms with van der Waals surface area (Å²) in [6, 6.07) is 1.87. The van der Waals surface area contributed by atoms with Crippen LogP contribution < -0.4 is 0 Å². The van der Waals surface area contributed by atoms with Gasteiger partial charge in [-0.15, -0.1) is 0 Å². The summed E-state index contributed by atoms with van der Waals surface area (Å²) in [5, 5.41) is 0. The quantitative estimate of drug-likeness (QED) is 0.742. The van der Waals surface area contributed by atoms with E-state index in [1.165, 1.54) is 0 Å². The van der Waals surface area contributed by atoms with Gasteiger partial charge >= 0.3 is 0 Å². The van der Waals surface area contributed by atoms with E-state index >= 15 is 0 Å². The summed E-state index contributed by atoms with van der Waals surface area (Å²) in [5.74, 6) is 2.12. The van der Waals surface area contributed by atoms with Gasteiger partial charge in [-0.2, -0.15) is 0 Å². The number of hydrogen-bond donors (Lipinski definition) is 0. The molecule has 0 unspecified atom stereocenters. The van der Waals surface area contributed by atoms with Crippen molar-refractivity contribution in [3.05, 3.63) is 23.2 Å². The molecule has 0 aliphatic heterocycles. The van der Waals surface area contributed by atoms with Gasteiger partial charge < -0.3 is 9.32 Å². The predicted octanol–water partition coefficient (Wildman–Crippen LogP) is 1.89. The molecule has 1 aliphatic carbocycles. The van der Waals surface area contributed by atoms with E-state index < -0.39 is 0 Å². The van der Waals surface area contributed by atoms with Crippen molar-refractivity contribution in [2.45, 2.75) is 19.8 Å². The van der Waals surface area contributed by atoms with Gasteiger partial charge in [0.25, 0.3) is 0 Å². The number of hydrogen-bond acceptors (Lipinski definition) is 3. The molecule has 82 valence electrons. The molecule has 0 saturated heterocycles. The Labute approximate surface area is 90.1 Å². The van der Waals surface area contributed by atoms with Crippen LogP contribution >= 0.6 is 0 Å². The molecule has 0 spiro atoms. The first-order chi connectivity index (χ1) is 7.08. The third-order valence-corrected chi connectivity index (χ3v) is 2.87. The number of rotatable bonds is 2. The maximum atomic E-state index is 12.1. The molecular weight excluding hydrogens is 190 g/mol. The molecule has 0 fully saturated rings. The normalized spacial score (nSPS) is 20.8. The maximum Gasteiger partial charge on any atom is 0.170 e. The first kappa shape index (κ1) is 10.4. The molecule has 2 rings (SSSR count). The van der Waals surface area contributed by atoms with Crippen LogP contribution in [-0.4, -0.2) is 31.3 Å². The van der Waals surface area contributed by atoms with Crippen LogP contribution in [0.5, 0.6) is 0 Å². The van der Waals surface area contributed by atoms with Crippen molar-refractivity contribution >= 4 is 5.78 Å². The fourth-order valence-electron chi connectivity index (χ4n) is 2.23. The van der Waals surface area contributed by atoms with Crippen molar-refractivity contribution < 1.29 is 9.21 Å². The number of carbonyl (C=O) groups is 1. The number of nitrogens with zero attached hydrogens (tertiary/aromatic N) is 1. The number of aryl methyl sites for hydroxylation is 2. The number of ketones is 1. The monoisotopic (exact) mass is 207 g/mol. The highest BCUT2D eigenvalue weighted by Crippen LogP contribution is 2.28. The van der Waals surface area contributed by atoms with E-state index in [2.05, 4.69) is 4.90 Å². The van der Waals surface area contributed by atoms with E-state index in [4.69, 9.17) is 4.42 Å². The van der Waals surface area contributed by atoms with Gasteiger partial charge in [0.15, 0.2) is 5.78 Å². The highest BCUT2D eigenvalue weighted by Gasteiger charge is 2.30. The van der Waals surface area contributed by atoms with Crippen molar-refractivity contribution in [1.82, 2.24) is 4.90 Å². The Morgan fingerprint density at radius 2 is 2.27 bits per heavy atom. The smallest absolute Gasteiger partial charge is 0.170 e. The van der Waals surface area contributed by atoms with Gasteiger partial charge in [0.2, 0.25) is 0 Å². The summed E-state index contributed by atoms with van der Waals surface area (Å²) >= 11 is 0. The molecule has 3 heteroatoms. The Morgan fingerprint density at radius 3 is 2.93 bits per heavy atom. The van der Waals surface area contributed by atoms with Gasteiger partial charge in [0.05, 0.1) is 5.56 Å². The SMILES string of the molecule is Cc1cc2c(o1)CC[C@@H](CN(C)C)C2=O. The highest BCUT2D eigenvalue weighted by molar-refractivity contribution is 6.00. The summed E-state index contributed by atoms with van der Waals surface area (Å²) in [6.07, 6.45) is 1.81. The van der Waals surface area contributed by atoms with Crippen LogP contribution in [0.3, 0.4) is 0 Å². The van der Waals surface area contributed by atoms with E-state index in [1.54, 1.807) is 0 Å². The topological polar surface area (TPSA) is 33.5 Å². The summed E-state index contributed by atoms with van der Waals surface area (Å²) < 4.78 is 5.50. The van der Waals surface area contributed by atoms with Crippen LogP contribution in [0.25, 0.3) is 0 Å². The molecule has 1 atom stereocenters. The predicted molar refractivity (Wildman–Crippen MR) is 58.1 cm³/mol. The second kappa shape index (κ2) is 3.81. The standard InChI is InChI=1S/C12H17NO2/c1-8-6-10-11(15-8)5-4-9(12(10)14)7-13(2)3/h6,9H,4-5,7H2,1-3H3/t9-/m0/s1. The number of furan rings is 1. The van der Waals surface area contributed by atoms with E-state index in [9.17, 15) is 4.79 Å². The van der Waals surface area contributed by atoms with E-state index in [-0.39, 0.29) is 11.7 Å². The van der Waals surface area contributed by atoms with Crippen molar-refractivity contribution in [2.24, 2.45) is 5.92 Å². The molecule has 1 aromatic rings. The molecule has 0 N–H and O–H groups in total. The summed E-state index contributed by atoms with van der Waals surface area (Å²) in [6.45, 7) is 2.73. The molecule has 15 heavy (non-hydrogen) atoms. The van der Waals surface area contributed by atoms with Crippen LogP contribution in [0.1, 0.15) is 28.3 Å². The number of carbonyl (C=O) groups excluding carboxylic acids is 1. The highest BCUT2D eigenvalue weighted by atomic mass is 16.3. The van der Waals surface area contributed by atoms with Gasteiger partial charge in [0.1, 0.15) is 11.5 Å². The molecule has 3 nitrogen and oxygen atoms in total. The molecule has 0 amide bonds. The third-order valence-electron chi connectivity index (χ3n) is 2.87. The van der Waals surface area contributed by atoms with Gasteiger partial charge in [-0.3, -0.25) is 4.79 Å². The first-order valence-corrected chi connectivity index (χ1v) is 5.36. The number of fused-ring (bicyclic) bond motifs is 1. The summed E-state index contributed by atoms with van der Waals surface area (Å²) in [4.78, 5) is 14.1. The van der Waals surface area contributed by atoms with E-state index in [0.29, 0.717) is 0 Å². The lowest BCUT2D eigenvalue weighted by Gasteiger charge is -2.22. The van der Waals surface area contributed by atoms with Crippen molar-refractivity contribution in [3.8, 4) is 0 Å². The lowest BCUT2D eigenvalue weighted by molar-refractivity contribution is 0.0872. The Bertz CT molecular complexity index is 379. The van der Waals surface area contributed by atoms with E-state index in [1.807, 2.05) is 27.1 Å². The van der Waals surface area contributed by atoms with Crippen LogP contribution in [-0.2, 0) is 6.42 Å². The Balaban J connectivity index is 2.21. The molecule has 0 saturated carbocycles. The Hall–Kier alpha value is -1.09. The van der Waals surface area contributed by atoms with Crippen LogP contribution in [0, 0.1) is 12.8 Å². The van der Waals surface area contributed by atoms with Gasteiger partial charge in [-0.1, -0.05) is 0 Å². The second-order valence-corrected chi connectivity index (χ2v) is 4.56. The third kappa shape index (κ3) is 1.97. The second-order valence-electron chi connectivity index (χ2n) is 4.56.